The second-order valence-corrected chi connectivity index (χ2v) is 5.99. The van der Waals surface area contributed by atoms with Crippen molar-refractivity contribution >= 4 is 5.97 Å². The molecule has 3 aromatic carbocycles. The van der Waals surface area contributed by atoms with Crippen LogP contribution in [0.15, 0.2) is 66.7 Å². The number of carboxylic acids is 1. The molecule has 0 aliphatic rings. The van der Waals surface area contributed by atoms with E-state index in [1.807, 2.05) is 30.3 Å². The fourth-order valence-electron chi connectivity index (χ4n) is 2.82. The lowest BCUT2D eigenvalue weighted by molar-refractivity contribution is -0.136. The lowest BCUT2D eigenvalue weighted by Gasteiger charge is -2.14. The molecule has 0 fully saturated rings. The van der Waals surface area contributed by atoms with Crippen molar-refractivity contribution in [2.24, 2.45) is 0 Å². The Morgan fingerprint density at radius 1 is 1.00 bits per heavy atom. The van der Waals surface area contributed by atoms with E-state index in [0.29, 0.717) is 29.0 Å². The number of hydrogen-bond acceptors (Lipinski definition) is 3. The highest BCUT2D eigenvalue weighted by Crippen LogP contribution is 2.32. The van der Waals surface area contributed by atoms with Gasteiger partial charge in [0, 0.05) is 11.1 Å². The molecule has 27 heavy (non-hydrogen) atoms. The van der Waals surface area contributed by atoms with Gasteiger partial charge in [0.15, 0.2) is 11.6 Å². The van der Waals surface area contributed by atoms with E-state index in [0.717, 1.165) is 5.56 Å². The predicted molar refractivity (Wildman–Crippen MR) is 101 cm³/mol. The molecule has 0 atom stereocenters. The van der Waals surface area contributed by atoms with Gasteiger partial charge in [0.05, 0.1) is 13.5 Å². The zero-order valence-electron chi connectivity index (χ0n) is 14.8. The Hall–Kier alpha value is -3.34. The van der Waals surface area contributed by atoms with Gasteiger partial charge in [-0.1, -0.05) is 48.5 Å². The number of methoxy groups -OCH3 is 1. The molecular formula is C22H19FO4. The minimum absolute atomic E-state index is 0.136. The van der Waals surface area contributed by atoms with Crippen LogP contribution in [0.25, 0.3) is 11.1 Å². The van der Waals surface area contributed by atoms with Crippen LogP contribution >= 0.6 is 0 Å². The van der Waals surface area contributed by atoms with Crippen molar-refractivity contribution in [3.63, 3.8) is 0 Å². The Morgan fingerprint density at radius 2 is 1.78 bits per heavy atom. The highest BCUT2D eigenvalue weighted by Gasteiger charge is 2.14. The van der Waals surface area contributed by atoms with Crippen LogP contribution in [0.4, 0.5) is 4.39 Å². The molecule has 0 aromatic heterocycles. The SMILES string of the molecule is COc1cccc(-c2ccc(OCc3ccccc3)c(CC(=O)O)c2)c1F. The van der Waals surface area contributed by atoms with Crippen molar-refractivity contribution in [2.75, 3.05) is 7.11 Å². The quantitative estimate of drug-likeness (QED) is 0.658. The van der Waals surface area contributed by atoms with Crippen molar-refractivity contribution < 1.29 is 23.8 Å². The number of halogens is 1. The van der Waals surface area contributed by atoms with Crippen molar-refractivity contribution in [1.29, 1.82) is 0 Å². The summed E-state index contributed by atoms with van der Waals surface area (Å²) in [5.41, 5.74) is 2.37. The minimum Gasteiger partial charge on any atom is -0.494 e. The lowest BCUT2D eigenvalue weighted by Crippen LogP contribution is -2.05. The summed E-state index contributed by atoms with van der Waals surface area (Å²) < 4.78 is 25.4. The fraction of sp³-hybridized carbons (Fsp3) is 0.136. The molecule has 138 valence electrons. The first-order chi connectivity index (χ1) is 13.1. The summed E-state index contributed by atoms with van der Waals surface area (Å²) in [5, 5.41) is 9.23. The zero-order chi connectivity index (χ0) is 19.2. The van der Waals surface area contributed by atoms with Crippen LogP contribution in [0.3, 0.4) is 0 Å². The standard InChI is InChI=1S/C22H19FO4/c1-26-20-9-5-8-18(22(20)23)16-10-11-19(17(12-16)13-21(24)25)27-14-15-6-3-2-4-7-15/h2-12H,13-14H2,1H3,(H,24,25). The van der Waals surface area contributed by atoms with Gasteiger partial charge in [-0.2, -0.15) is 0 Å². The fourth-order valence-corrected chi connectivity index (χ4v) is 2.82. The summed E-state index contributed by atoms with van der Waals surface area (Å²) in [6.07, 6.45) is -0.219. The zero-order valence-corrected chi connectivity index (χ0v) is 14.8. The Morgan fingerprint density at radius 3 is 2.48 bits per heavy atom. The van der Waals surface area contributed by atoms with E-state index >= 15 is 0 Å². The molecule has 0 radical (unpaired) electrons. The van der Waals surface area contributed by atoms with Crippen molar-refractivity contribution in [2.45, 2.75) is 13.0 Å². The summed E-state index contributed by atoms with van der Waals surface area (Å²) in [6.45, 7) is 0.320. The average Bonchev–Trinajstić information content (AvgIpc) is 2.67. The van der Waals surface area contributed by atoms with Gasteiger partial charge in [0.1, 0.15) is 12.4 Å². The monoisotopic (exact) mass is 366 g/mol. The summed E-state index contributed by atoms with van der Waals surface area (Å²) in [6, 6.07) is 19.5. The summed E-state index contributed by atoms with van der Waals surface area (Å²) >= 11 is 0. The number of carboxylic acid groups (broad SMARTS) is 1. The maximum Gasteiger partial charge on any atom is 0.307 e. The van der Waals surface area contributed by atoms with Crippen LogP contribution in [-0.4, -0.2) is 18.2 Å². The Bertz CT molecular complexity index is 938. The number of ether oxygens (including phenoxy) is 2. The summed E-state index contributed by atoms with van der Waals surface area (Å²) in [7, 11) is 1.40. The second kappa shape index (κ2) is 8.36. The normalized spacial score (nSPS) is 10.4. The first kappa shape index (κ1) is 18.5. The lowest BCUT2D eigenvalue weighted by atomic mass is 10.00. The molecule has 3 rings (SSSR count). The Balaban J connectivity index is 1.93. The van der Waals surface area contributed by atoms with Gasteiger partial charge in [0.25, 0.3) is 0 Å². The molecule has 0 aliphatic carbocycles. The summed E-state index contributed by atoms with van der Waals surface area (Å²) in [5.74, 6) is -0.868. The highest BCUT2D eigenvalue weighted by atomic mass is 19.1. The number of rotatable bonds is 7. The van der Waals surface area contributed by atoms with Gasteiger partial charge in [-0.15, -0.1) is 0 Å². The van der Waals surface area contributed by atoms with Crippen LogP contribution in [0.5, 0.6) is 11.5 Å². The van der Waals surface area contributed by atoms with E-state index < -0.39 is 11.8 Å². The summed E-state index contributed by atoms with van der Waals surface area (Å²) in [4.78, 5) is 11.3. The molecule has 0 aliphatic heterocycles. The van der Waals surface area contributed by atoms with E-state index in [2.05, 4.69) is 0 Å². The van der Waals surface area contributed by atoms with Crippen LogP contribution in [0.1, 0.15) is 11.1 Å². The topological polar surface area (TPSA) is 55.8 Å². The van der Waals surface area contributed by atoms with E-state index in [4.69, 9.17) is 9.47 Å². The van der Waals surface area contributed by atoms with E-state index in [1.54, 1.807) is 30.3 Å². The van der Waals surface area contributed by atoms with Crippen LogP contribution < -0.4 is 9.47 Å². The van der Waals surface area contributed by atoms with Gasteiger partial charge >= 0.3 is 5.97 Å². The smallest absolute Gasteiger partial charge is 0.307 e. The number of benzene rings is 3. The van der Waals surface area contributed by atoms with Crippen LogP contribution in [-0.2, 0) is 17.8 Å². The molecule has 3 aromatic rings. The first-order valence-electron chi connectivity index (χ1n) is 8.43. The van der Waals surface area contributed by atoms with Gasteiger partial charge in [-0.25, -0.2) is 4.39 Å². The molecule has 0 spiro atoms. The maximum absolute atomic E-state index is 14.6. The Kier molecular flexibility index (Phi) is 5.71. The first-order valence-corrected chi connectivity index (χ1v) is 8.43. The molecule has 0 saturated heterocycles. The molecule has 0 bridgehead atoms. The maximum atomic E-state index is 14.6. The second-order valence-electron chi connectivity index (χ2n) is 5.99. The van der Waals surface area contributed by atoms with Crippen molar-refractivity contribution in [1.82, 2.24) is 0 Å². The number of hydrogen-bond donors (Lipinski definition) is 1. The molecule has 0 heterocycles. The molecule has 1 N–H and O–H groups in total. The van der Waals surface area contributed by atoms with Gasteiger partial charge < -0.3 is 14.6 Å². The highest BCUT2D eigenvalue weighted by molar-refractivity contribution is 5.74. The van der Waals surface area contributed by atoms with Gasteiger partial charge in [0.2, 0.25) is 0 Å². The minimum atomic E-state index is -0.983. The van der Waals surface area contributed by atoms with Crippen LogP contribution in [0.2, 0.25) is 0 Å². The van der Waals surface area contributed by atoms with Crippen molar-refractivity contribution in [3.05, 3.63) is 83.7 Å². The molecule has 0 saturated carbocycles. The van der Waals surface area contributed by atoms with Gasteiger partial charge in [-0.3, -0.25) is 4.79 Å². The molecule has 0 unspecified atom stereocenters. The molecule has 0 amide bonds. The molecule has 5 heteroatoms. The largest absolute Gasteiger partial charge is 0.494 e. The van der Waals surface area contributed by atoms with Crippen LogP contribution in [0, 0.1) is 5.82 Å². The van der Waals surface area contributed by atoms with Gasteiger partial charge in [-0.05, 0) is 29.3 Å². The molecule has 4 nitrogen and oxygen atoms in total. The third-order valence-corrected chi connectivity index (χ3v) is 4.13. The molecular weight excluding hydrogens is 347 g/mol. The number of aliphatic carboxylic acids is 1. The average molecular weight is 366 g/mol. The van der Waals surface area contributed by atoms with E-state index in [1.165, 1.54) is 13.2 Å². The van der Waals surface area contributed by atoms with E-state index in [-0.39, 0.29) is 12.2 Å². The third-order valence-electron chi connectivity index (χ3n) is 4.13. The van der Waals surface area contributed by atoms with Crippen molar-refractivity contribution in [3.8, 4) is 22.6 Å². The third kappa shape index (κ3) is 4.44. The number of carbonyl (C=O) groups is 1. The Labute approximate surface area is 156 Å². The van der Waals surface area contributed by atoms with E-state index in [9.17, 15) is 14.3 Å². The predicted octanol–water partition coefficient (Wildman–Crippen LogP) is 4.71.